The first kappa shape index (κ1) is 11.8. The van der Waals surface area contributed by atoms with E-state index in [9.17, 15) is 0 Å². The molecule has 0 bridgehead atoms. The van der Waals surface area contributed by atoms with Crippen LogP contribution in [0, 0.1) is 5.41 Å². The summed E-state index contributed by atoms with van der Waals surface area (Å²) in [6.45, 7) is 0. The summed E-state index contributed by atoms with van der Waals surface area (Å²) in [5, 5.41) is 8.38. The van der Waals surface area contributed by atoms with E-state index in [0.29, 0.717) is 0 Å². The van der Waals surface area contributed by atoms with E-state index in [0.717, 1.165) is 26.6 Å². The molecule has 3 aromatic rings. The van der Waals surface area contributed by atoms with Crippen LogP contribution in [-0.4, -0.2) is 15.8 Å². The van der Waals surface area contributed by atoms with Crippen LogP contribution in [0.5, 0.6) is 0 Å². The van der Waals surface area contributed by atoms with Gasteiger partial charge >= 0.3 is 0 Å². The largest absolute Gasteiger partial charge is 0.384 e. The van der Waals surface area contributed by atoms with Crippen LogP contribution in [0.15, 0.2) is 58.6 Å². The zero-order valence-corrected chi connectivity index (χ0v) is 10.9. The zero-order chi connectivity index (χ0) is 13.2. The number of benzene rings is 2. The minimum Gasteiger partial charge on any atom is -0.384 e. The van der Waals surface area contributed by atoms with E-state index in [1.807, 2.05) is 48.5 Å². The third-order valence-corrected chi connectivity index (χ3v) is 3.71. The van der Waals surface area contributed by atoms with Gasteiger partial charge in [-0.1, -0.05) is 42.1 Å². The second-order valence-corrected chi connectivity index (χ2v) is 5.10. The summed E-state index contributed by atoms with van der Waals surface area (Å²) in [7, 11) is 0. The fraction of sp³-hybridized carbons (Fsp3) is 0. The summed E-state index contributed by atoms with van der Waals surface area (Å²) in [5.41, 5.74) is 8.25. The van der Waals surface area contributed by atoms with Gasteiger partial charge in [-0.3, -0.25) is 5.41 Å². The number of hydrogen-bond donors (Lipinski definition) is 3. The van der Waals surface area contributed by atoms with Gasteiger partial charge in [-0.05, 0) is 18.2 Å². The normalized spacial score (nSPS) is 10.7. The molecule has 0 aliphatic heterocycles. The first-order chi connectivity index (χ1) is 9.24. The van der Waals surface area contributed by atoms with Crippen LogP contribution >= 0.6 is 11.8 Å². The Morgan fingerprint density at radius 2 is 1.84 bits per heavy atom. The van der Waals surface area contributed by atoms with E-state index in [2.05, 4.69) is 9.97 Å². The quantitative estimate of drug-likeness (QED) is 0.504. The molecule has 4 nitrogen and oxygen atoms in total. The van der Waals surface area contributed by atoms with Gasteiger partial charge in [0.25, 0.3) is 0 Å². The number of nitrogens with one attached hydrogen (secondary N) is 2. The van der Waals surface area contributed by atoms with E-state index in [-0.39, 0.29) is 5.84 Å². The predicted molar refractivity (Wildman–Crippen MR) is 77.7 cm³/mol. The average molecular weight is 268 g/mol. The Morgan fingerprint density at radius 1 is 1.11 bits per heavy atom. The Morgan fingerprint density at radius 3 is 2.63 bits per heavy atom. The van der Waals surface area contributed by atoms with Gasteiger partial charge in [0.1, 0.15) is 5.84 Å². The number of nitrogens with zero attached hydrogens (tertiary/aromatic N) is 1. The number of fused-ring (bicyclic) bond motifs is 1. The molecule has 0 unspecified atom stereocenters. The first-order valence-electron chi connectivity index (χ1n) is 5.80. The highest BCUT2D eigenvalue weighted by Gasteiger charge is 2.09. The van der Waals surface area contributed by atoms with Gasteiger partial charge in [0.15, 0.2) is 5.16 Å². The van der Waals surface area contributed by atoms with Crippen molar-refractivity contribution in [2.75, 3.05) is 0 Å². The van der Waals surface area contributed by atoms with Crippen molar-refractivity contribution in [3.8, 4) is 0 Å². The van der Waals surface area contributed by atoms with Crippen molar-refractivity contribution < 1.29 is 0 Å². The molecule has 0 amide bonds. The lowest BCUT2D eigenvalue weighted by Crippen LogP contribution is -2.11. The Balaban J connectivity index is 1.99. The first-order valence-corrected chi connectivity index (χ1v) is 6.62. The highest BCUT2D eigenvalue weighted by molar-refractivity contribution is 7.99. The number of H-pyrrole nitrogens is 1. The fourth-order valence-electron chi connectivity index (χ4n) is 1.86. The number of rotatable bonds is 3. The van der Waals surface area contributed by atoms with Crippen LogP contribution < -0.4 is 5.73 Å². The lowest BCUT2D eigenvalue weighted by molar-refractivity contribution is 1.08. The molecule has 3 rings (SSSR count). The topological polar surface area (TPSA) is 78.6 Å². The summed E-state index contributed by atoms with van der Waals surface area (Å²) in [6.07, 6.45) is 0. The van der Waals surface area contributed by atoms with Gasteiger partial charge in [-0.2, -0.15) is 0 Å². The van der Waals surface area contributed by atoms with Crippen molar-refractivity contribution in [2.24, 2.45) is 5.73 Å². The van der Waals surface area contributed by atoms with E-state index in [1.165, 1.54) is 11.8 Å². The number of para-hydroxylation sites is 2. The molecular formula is C14H12N4S. The molecule has 0 fully saturated rings. The Labute approximate surface area is 114 Å². The maximum atomic E-state index is 7.58. The zero-order valence-electron chi connectivity index (χ0n) is 10.1. The summed E-state index contributed by atoms with van der Waals surface area (Å²) in [6, 6.07) is 15.5. The van der Waals surface area contributed by atoms with Crippen LogP contribution in [0.25, 0.3) is 11.0 Å². The Hall–Kier alpha value is -2.27. The highest BCUT2D eigenvalue weighted by Crippen LogP contribution is 2.29. The van der Waals surface area contributed by atoms with Crippen LogP contribution in [-0.2, 0) is 0 Å². The molecule has 0 aliphatic carbocycles. The average Bonchev–Trinajstić information content (AvgIpc) is 2.81. The van der Waals surface area contributed by atoms with Gasteiger partial charge in [-0.25, -0.2) is 4.98 Å². The molecule has 4 N–H and O–H groups in total. The smallest absolute Gasteiger partial charge is 0.171 e. The number of nitrogen functional groups attached to an aromatic ring is 1. The molecular weight excluding hydrogens is 256 g/mol. The molecule has 94 valence electrons. The van der Waals surface area contributed by atoms with Crippen molar-refractivity contribution in [1.29, 1.82) is 5.41 Å². The standard InChI is InChI=1S/C14H12N4S/c15-13(16)9-5-1-4-8-12(9)19-14-17-10-6-2-3-7-11(10)18-14/h1-8H,(H3,15,16)(H,17,18). The van der Waals surface area contributed by atoms with E-state index < -0.39 is 0 Å². The van der Waals surface area contributed by atoms with Crippen molar-refractivity contribution in [3.63, 3.8) is 0 Å². The molecule has 0 atom stereocenters. The molecule has 2 aromatic carbocycles. The molecule has 0 radical (unpaired) electrons. The molecule has 5 heteroatoms. The lowest BCUT2D eigenvalue weighted by Gasteiger charge is -2.05. The lowest BCUT2D eigenvalue weighted by atomic mass is 10.2. The maximum Gasteiger partial charge on any atom is 0.171 e. The van der Waals surface area contributed by atoms with Crippen LogP contribution in [0.1, 0.15) is 5.56 Å². The monoisotopic (exact) mass is 268 g/mol. The molecule has 0 aliphatic rings. The van der Waals surface area contributed by atoms with Gasteiger partial charge in [0.05, 0.1) is 11.0 Å². The van der Waals surface area contributed by atoms with Crippen LogP contribution in [0.2, 0.25) is 0 Å². The van der Waals surface area contributed by atoms with Crippen molar-refractivity contribution in [2.45, 2.75) is 10.1 Å². The third-order valence-electron chi connectivity index (χ3n) is 2.75. The predicted octanol–water partition coefficient (Wildman–Crippen LogP) is 3.00. The van der Waals surface area contributed by atoms with Crippen molar-refractivity contribution >= 4 is 28.6 Å². The minimum absolute atomic E-state index is 0.0687. The van der Waals surface area contributed by atoms with Crippen LogP contribution in [0.3, 0.4) is 0 Å². The summed E-state index contributed by atoms with van der Waals surface area (Å²) in [4.78, 5) is 8.68. The van der Waals surface area contributed by atoms with Crippen LogP contribution in [0.4, 0.5) is 0 Å². The summed E-state index contributed by atoms with van der Waals surface area (Å²) < 4.78 is 0. The Bertz CT molecular complexity index is 715. The number of imidazole rings is 1. The maximum absolute atomic E-state index is 7.58. The van der Waals surface area contributed by atoms with E-state index in [4.69, 9.17) is 11.1 Å². The molecule has 1 heterocycles. The SMILES string of the molecule is N=C(N)c1ccccc1Sc1nc2ccccc2[nH]1. The third kappa shape index (κ3) is 2.32. The molecule has 1 aromatic heterocycles. The second-order valence-electron chi connectivity index (χ2n) is 4.07. The summed E-state index contributed by atoms with van der Waals surface area (Å²) in [5.74, 6) is 0.0687. The fourth-order valence-corrected chi connectivity index (χ4v) is 2.81. The van der Waals surface area contributed by atoms with Crippen molar-refractivity contribution in [1.82, 2.24) is 9.97 Å². The molecule has 0 spiro atoms. The molecule has 0 saturated carbocycles. The van der Waals surface area contributed by atoms with E-state index >= 15 is 0 Å². The number of aromatic nitrogens is 2. The highest BCUT2D eigenvalue weighted by atomic mass is 32.2. The number of hydrogen-bond acceptors (Lipinski definition) is 3. The Kier molecular flexibility index (Phi) is 2.97. The van der Waals surface area contributed by atoms with Crippen molar-refractivity contribution in [3.05, 3.63) is 54.1 Å². The number of nitrogens with two attached hydrogens (primary N) is 1. The van der Waals surface area contributed by atoms with Gasteiger partial charge in [-0.15, -0.1) is 0 Å². The van der Waals surface area contributed by atoms with Gasteiger partial charge in [0.2, 0.25) is 0 Å². The summed E-state index contributed by atoms with van der Waals surface area (Å²) >= 11 is 1.48. The van der Waals surface area contributed by atoms with Gasteiger partial charge in [0, 0.05) is 10.5 Å². The number of amidine groups is 1. The number of aromatic amines is 1. The second kappa shape index (κ2) is 4.78. The molecule has 0 saturated heterocycles. The van der Waals surface area contributed by atoms with E-state index in [1.54, 1.807) is 0 Å². The van der Waals surface area contributed by atoms with Gasteiger partial charge < -0.3 is 10.7 Å². The molecule has 19 heavy (non-hydrogen) atoms. The minimum atomic E-state index is 0.0687.